The van der Waals surface area contributed by atoms with E-state index in [9.17, 15) is 19.5 Å². The highest BCUT2D eigenvalue weighted by molar-refractivity contribution is 6.33. The van der Waals surface area contributed by atoms with Crippen molar-refractivity contribution in [2.75, 3.05) is 4.90 Å². The van der Waals surface area contributed by atoms with E-state index < -0.39 is 5.97 Å². The molecule has 1 saturated heterocycles. The van der Waals surface area contributed by atoms with Crippen molar-refractivity contribution in [3.63, 3.8) is 0 Å². The predicted molar refractivity (Wildman–Crippen MR) is 78.3 cm³/mol. The Balaban J connectivity index is 1.98. The maximum absolute atomic E-state index is 12.6. The van der Waals surface area contributed by atoms with Crippen LogP contribution in [0.5, 0.6) is 0 Å². The summed E-state index contributed by atoms with van der Waals surface area (Å²) in [5.74, 6) is -2.08. The molecule has 0 unspecified atom stereocenters. The number of fused-ring (bicyclic) bond motifs is 1. The van der Waals surface area contributed by atoms with Crippen molar-refractivity contribution in [3.05, 3.63) is 28.8 Å². The van der Waals surface area contributed by atoms with Crippen molar-refractivity contribution in [2.24, 2.45) is 17.8 Å². The lowest BCUT2D eigenvalue weighted by Crippen LogP contribution is -2.31. The molecule has 0 aromatic heterocycles. The Morgan fingerprint density at radius 1 is 1.23 bits per heavy atom. The van der Waals surface area contributed by atoms with Crippen LogP contribution in [0.2, 0.25) is 5.02 Å². The van der Waals surface area contributed by atoms with Crippen LogP contribution in [0.3, 0.4) is 0 Å². The van der Waals surface area contributed by atoms with Crippen molar-refractivity contribution in [1.29, 1.82) is 0 Å². The van der Waals surface area contributed by atoms with Crippen LogP contribution in [0.15, 0.2) is 18.2 Å². The molecule has 116 valence electrons. The molecule has 2 amide bonds. The van der Waals surface area contributed by atoms with Crippen molar-refractivity contribution in [3.8, 4) is 0 Å². The zero-order chi connectivity index (χ0) is 16.0. The number of benzene rings is 1. The number of amides is 2. The largest absolute Gasteiger partial charge is 0.545 e. The van der Waals surface area contributed by atoms with E-state index in [1.807, 2.05) is 0 Å². The maximum atomic E-state index is 12.6. The average molecular weight is 321 g/mol. The highest BCUT2D eigenvalue weighted by Gasteiger charge is 2.49. The summed E-state index contributed by atoms with van der Waals surface area (Å²) in [6.45, 7) is 2.08. The minimum atomic E-state index is -1.43. The number of hydrogen-bond acceptors (Lipinski definition) is 4. The van der Waals surface area contributed by atoms with Gasteiger partial charge in [-0.15, -0.1) is 0 Å². The molecule has 0 N–H and O–H groups in total. The SMILES string of the molecule is C[C@H]1CC[C@@H]2C(=O)N(c3ccc(Cl)c(C(=O)[O-])c3)C(=O)[C@@H]2C1. The third-order valence-corrected chi connectivity index (χ3v) is 4.95. The summed E-state index contributed by atoms with van der Waals surface area (Å²) in [7, 11) is 0. The van der Waals surface area contributed by atoms with Gasteiger partial charge in [0, 0.05) is 10.6 Å². The number of aromatic carboxylic acids is 1. The number of carboxylic acids is 1. The van der Waals surface area contributed by atoms with Crippen LogP contribution < -0.4 is 10.0 Å². The van der Waals surface area contributed by atoms with Gasteiger partial charge in [0.25, 0.3) is 0 Å². The first-order valence-electron chi connectivity index (χ1n) is 7.29. The van der Waals surface area contributed by atoms with E-state index in [0.717, 1.165) is 11.3 Å². The number of imide groups is 1. The highest BCUT2D eigenvalue weighted by Crippen LogP contribution is 2.42. The molecule has 1 aliphatic carbocycles. The summed E-state index contributed by atoms with van der Waals surface area (Å²) in [4.78, 5) is 37.3. The van der Waals surface area contributed by atoms with E-state index in [1.54, 1.807) is 0 Å². The van der Waals surface area contributed by atoms with Gasteiger partial charge in [-0.2, -0.15) is 0 Å². The second-order valence-corrected chi connectivity index (χ2v) is 6.50. The van der Waals surface area contributed by atoms with E-state index in [-0.39, 0.29) is 39.9 Å². The minimum Gasteiger partial charge on any atom is -0.545 e. The molecular formula is C16H15ClNO4-. The molecule has 1 heterocycles. The first-order valence-corrected chi connectivity index (χ1v) is 7.66. The quantitative estimate of drug-likeness (QED) is 0.776. The van der Waals surface area contributed by atoms with Gasteiger partial charge in [0.15, 0.2) is 0 Å². The van der Waals surface area contributed by atoms with Gasteiger partial charge in [0.05, 0.1) is 23.5 Å². The van der Waals surface area contributed by atoms with Gasteiger partial charge >= 0.3 is 0 Å². The summed E-state index contributed by atoms with van der Waals surface area (Å²) in [6.07, 6.45) is 2.33. The summed E-state index contributed by atoms with van der Waals surface area (Å²) in [6, 6.07) is 4.09. The van der Waals surface area contributed by atoms with Gasteiger partial charge < -0.3 is 9.90 Å². The molecule has 1 aromatic carbocycles. The maximum Gasteiger partial charge on any atom is 0.237 e. The number of nitrogens with zero attached hydrogens (tertiary/aromatic N) is 1. The third kappa shape index (κ3) is 2.29. The van der Waals surface area contributed by atoms with Gasteiger partial charge in [-0.05, 0) is 43.4 Å². The second kappa shape index (κ2) is 5.39. The Hall–Kier alpha value is -1.88. The lowest BCUT2D eigenvalue weighted by atomic mass is 9.76. The summed E-state index contributed by atoms with van der Waals surface area (Å²) < 4.78 is 0. The van der Waals surface area contributed by atoms with Crippen LogP contribution in [0.4, 0.5) is 5.69 Å². The fraction of sp³-hybridized carbons (Fsp3) is 0.438. The molecule has 0 bridgehead atoms. The smallest absolute Gasteiger partial charge is 0.237 e. The summed E-state index contributed by atoms with van der Waals surface area (Å²) in [5.41, 5.74) is 0.0312. The predicted octanol–water partition coefficient (Wildman–Crippen LogP) is 1.63. The van der Waals surface area contributed by atoms with Gasteiger partial charge in [-0.25, -0.2) is 0 Å². The molecule has 6 heteroatoms. The number of carbonyl (C=O) groups is 3. The van der Waals surface area contributed by atoms with Crippen LogP contribution in [-0.4, -0.2) is 17.8 Å². The number of halogens is 1. The van der Waals surface area contributed by atoms with E-state index in [4.69, 9.17) is 11.6 Å². The van der Waals surface area contributed by atoms with Crippen LogP contribution in [0.1, 0.15) is 36.5 Å². The fourth-order valence-corrected chi connectivity index (χ4v) is 3.65. The van der Waals surface area contributed by atoms with Gasteiger partial charge in [0.2, 0.25) is 11.8 Å². The summed E-state index contributed by atoms with van der Waals surface area (Å²) >= 11 is 5.80. The van der Waals surface area contributed by atoms with Crippen LogP contribution in [-0.2, 0) is 9.59 Å². The first-order chi connectivity index (χ1) is 10.4. The van der Waals surface area contributed by atoms with E-state index in [2.05, 4.69) is 6.92 Å². The van der Waals surface area contributed by atoms with E-state index >= 15 is 0 Å². The standard InChI is InChI=1S/C16H16ClNO4/c1-8-2-4-10-11(6-8)15(20)18(14(10)19)9-3-5-13(17)12(7-9)16(21)22/h3,5,7-8,10-11H,2,4,6H2,1H3,(H,21,22)/p-1/t8-,10-,11+/m0/s1. The van der Waals surface area contributed by atoms with Crippen LogP contribution in [0, 0.1) is 17.8 Å². The zero-order valence-corrected chi connectivity index (χ0v) is 12.8. The van der Waals surface area contributed by atoms with Crippen LogP contribution in [0.25, 0.3) is 0 Å². The monoisotopic (exact) mass is 320 g/mol. The van der Waals surface area contributed by atoms with E-state index in [0.29, 0.717) is 18.8 Å². The summed E-state index contributed by atoms with van der Waals surface area (Å²) in [5, 5.41) is 11.1. The zero-order valence-electron chi connectivity index (χ0n) is 12.0. The van der Waals surface area contributed by atoms with Gasteiger partial charge in [0.1, 0.15) is 0 Å². The number of hydrogen-bond donors (Lipinski definition) is 0. The second-order valence-electron chi connectivity index (χ2n) is 6.09. The van der Waals surface area contributed by atoms with Crippen molar-refractivity contribution >= 4 is 35.1 Å². The highest BCUT2D eigenvalue weighted by atomic mass is 35.5. The Labute approximate surface area is 132 Å². The number of carbonyl (C=O) groups excluding carboxylic acids is 3. The molecule has 3 atom stereocenters. The molecular weight excluding hydrogens is 306 g/mol. The third-order valence-electron chi connectivity index (χ3n) is 4.62. The molecule has 0 spiro atoms. The molecule has 1 saturated carbocycles. The normalized spacial score (nSPS) is 27.9. The Morgan fingerprint density at radius 2 is 1.91 bits per heavy atom. The Morgan fingerprint density at radius 3 is 2.59 bits per heavy atom. The molecule has 2 aliphatic rings. The van der Waals surface area contributed by atoms with Gasteiger partial charge in [-0.1, -0.05) is 18.5 Å². The molecule has 3 rings (SSSR count). The topological polar surface area (TPSA) is 77.5 Å². The van der Waals surface area contributed by atoms with E-state index in [1.165, 1.54) is 18.2 Å². The van der Waals surface area contributed by atoms with Crippen molar-refractivity contribution in [1.82, 2.24) is 0 Å². The lowest BCUT2D eigenvalue weighted by molar-refractivity contribution is -0.255. The Bertz CT molecular complexity index is 672. The average Bonchev–Trinajstić information content (AvgIpc) is 2.71. The Kier molecular flexibility index (Phi) is 3.68. The van der Waals surface area contributed by atoms with Crippen molar-refractivity contribution in [2.45, 2.75) is 26.2 Å². The number of rotatable bonds is 2. The van der Waals surface area contributed by atoms with Gasteiger partial charge in [-0.3, -0.25) is 14.5 Å². The molecule has 1 aliphatic heterocycles. The molecule has 22 heavy (non-hydrogen) atoms. The number of carboxylic acid groups (broad SMARTS) is 1. The molecule has 1 aromatic rings. The van der Waals surface area contributed by atoms with Crippen LogP contribution >= 0.6 is 11.6 Å². The minimum absolute atomic E-state index is 0.0221. The first kappa shape index (κ1) is 15.0. The molecule has 0 radical (unpaired) electrons. The number of anilines is 1. The molecule has 5 nitrogen and oxygen atoms in total. The fourth-order valence-electron chi connectivity index (χ4n) is 3.45. The lowest BCUT2D eigenvalue weighted by Gasteiger charge is -2.25. The van der Waals surface area contributed by atoms with Crippen molar-refractivity contribution < 1.29 is 19.5 Å². The molecule has 2 fully saturated rings.